The number of nitrogens with zero attached hydrogens (tertiary/aromatic N) is 3. The molecule has 0 unspecified atom stereocenters. The molecule has 9 heteroatoms. The fourth-order valence-electron chi connectivity index (χ4n) is 4.09. The Morgan fingerprint density at radius 3 is 2.74 bits per heavy atom. The van der Waals surface area contributed by atoms with E-state index in [1.54, 1.807) is 17.0 Å². The maximum absolute atomic E-state index is 12.8. The number of aliphatic hydroxyl groups is 1. The number of rotatable bonds is 4. The Hall–Kier alpha value is -2.09. The second kappa shape index (κ2) is 9.59. The van der Waals surface area contributed by atoms with Gasteiger partial charge in [0.15, 0.2) is 0 Å². The summed E-state index contributed by atoms with van der Waals surface area (Å²) in [5.74, 6) is 0.589. The summed E-state index contributed by atoms with van der Waals surface area (Å²) in [6.45, 7) is 2.97. The molecule has 7 nitrogen and oxygen atoms in total. The predicted molar refractivity (Wildman–Crippen MR) is 121 cm³/mol. The van der Waals surface area contributed by atoms with Crippen LogP contribution in [0.4, 0.5) is 10.7 Å². The number of aromatic nitrogens is 2. The van der Waals surface area contributed by atoms with Crippen molar-refractivity contribution >= 4 is 35.2 Å². The SMILES string of the molecule is C[C@@H](NC(=O)N1CCc2cnc(N[C@H]3CC[C@H](O)CC3)nc2C1)c1ccc(Cl)c(Cl)c1. The number of amides is 2. The molecule has 0 radical (unpaired) electrons. The molecule has 2 amide bonds. The molecule has 1 fully saturated rings. The molecule has 1 aliphatic carbocycles. The lowest BCUT2D eigenvalue weighted by atomic mass is 9.93. The van der Waals surface area contributed by atoms with Crippen LogP contribution in [0.1, 0.15) is 55.5 Å². The van der Waals surface area contributed by atoms with Crippen molar-refractivity contribution in [3.63, 3.8) is 0 Å². The number of urea groups is 1. The van der Waals surface area contributed by atoms with E-state index in [4.69, 9.17) is 23.2 Å². The average Bonchev–Trinajstić information content (AvgIpc) is 2.76. The van der Waals surface area contributed by atoms with Gasteiger partial charge in [-0.1, -0.05) is 29.3 Å². The van der Waals surface area contributed by atoms with E-state index in [2.05, 4.69) is 20.6 Å². The molecular formula is C22H27Cl2N5O2. The first-order valence-corrected chi connectivity index (χ1v) is 11.4. The van der Waals surface area contributed by atoms with Crippen LogP contribution in [0.5, 0.6) is 0 Å². The predicted octanol–water partition coefficient (Wildman–Crippen LogP) is 4.33. The smallest absolute Gasteiger partial charge is 0.318 e. The topological polar surface area (TPSA) is 90.4 Å². The molecule has 1 aromatic carbocycles. The van der Waals surface area contributed by atoms with Crippen LogP contribution < -0.4 is 10.6 Å². The van der Waals surface area contributed by atoms with Crippen LogP contribution in [0.25, 0.3) is 0 Å². The normalized spacial score (nSPS) is 21.9. The lowest BCUT2D eigenvalue weighted by Crippen LogP contribution is -2.44. The molecule has 1 aliphatic heterocycles. The molecule has 0 bridgehead atoms. The molecule has 0 saturated heterocycles. The van der Waals surface area contributed by atoms with Crippen LogP contribution >= 0.6 is 23.2 Å². The number of hydrogen-bond acceptors (Lipinski definition) is 5. The Kier molecular flexibility index (Phi) is 6.84. The third-order valence-electron chi connectivity index (χ3n) is 6.05. The molecular weight excluding hydrogens is 437 g/mol. The minimum atomic E-state index is -0.201. The second-order valence-corrected chi connectivity index (χ2v) is 9.15. The number of aliphatic hydroxyl groups excluding tert-OH is 1. The molecule has 2 heterocycles. The summed E-state index contributed by atoms with van der Waals surface area (Å²) < 4.78 is 0. The van der Waals surface area contributed by atoms with Gasteiger partial charge in [-0.2, -0.15) is 0 Å². The fourth-order valence-corrected chi connectivity index (χ4v) is 4.40. The van der Waals surface area contributed by atoms with E-state index in [9.17, 15) is 9.90 Å². The van der Waals surface area contributed by atoms with Gasteiger partial charge in [0.25, 0.3) is 0 Å². The van der Waals surface area contributed by atoms with Gasteiger partial charge in [0, 0.05) is 18.8 Å². The zero-order valence-corrected chi connectivity index (χ0v) is 19.0. The van der Waals surface area contributed by atoms with Crippen molar-refractivity contribution < 1.29 is 9.90 Å². The highest BCUT2D eigenvalue weighted by molar-refractivity contribution is 6.42. The van der Waals surface area contributed by atoms with E-state index in [0.29, 0.717) is 29.1 Å². The molecule has 4 rings (SSSR count). The van der Waals surface area contributed by atoms with E-state index < -0.39 is 0 Å². The fraction of sp³-hybridized carbons (Fsp3) is 0.500. The monoisotopic (exact) mass is 463 g/mol. The molecule has 31 heavy (non-hydrogen) atoms. The first kappa shape index (κ1) is 22.1. The van der Waals surface area contributed by atoms with Crippen LogP contribution in [0.15, 0.2) is 24.4 Å². The summed E-state index contributed by atoms with van der Waals surface area (Å²) in [6, 6.07) is 5.30. The molecule has 2 aromatic rings. The largest absolute Gasteiger partial charge is 0.393 e. The van der Waals surface area contributed by atoms with Gasteiger partial charge in [0.2, 0.25) is 5.95 Å². The van der Waals surface area contributed by atoms with Crippen molar-refractivity contribution in [2.45, 2.75) is 63.8 Å². The van der Waals surface area contributed by atoms with Crippen molar-refractivity contribution in [1.82, 2.24) is 20.2 Å². The summed E-state index contributed by atoms with van der Waals surface area (Å²) in [5.41, 5.74) is 2.84. The van der Waals surface area contributed by atoms with E-state index in [1.165, 1.54) is 0 Å². The van der Waals surface area contributed by atoms with Crippen LogP contribution in [0.3, 0.4) is 0 Å². The highest BCUT2D eigenvalue weighted by atomic mass is 35.5. The summed E-state index contributed by atoms with van der Waals surface area (Å²) in [5, 5.41) is 17.1. The first-order chi connectivity index (χ1) is 14.9. The van der Waals surface area contributed by atoms with Crippen LogP contribution in [-0.2, 0) is 13.0 Å². The highest BCUT2D eigenvalue weighted by Crippen LogP contribution is 2.26. The molecule has 1 saturated carbocycles. The summed E-state index contributed by atoms with van der Waals surface area (Å²) in [7, 11) is 0. The number of carbonyl (C=O) groups excluding carboxylic acids is 1. The lowest BCUT2D eigenvalue weighted by molar-refractivity contribution is 0.126. The molecule has 3 N–H and O–H groups in total. The quantitative estimate of drug-likeness (QED) is 0.627. The molecule has 2 aliphatic rings. The number of anilines is 1. The Balaban J connectivity index is 1.38. The van der Waals surface area contributed by atoms with Gasteiger partial charge in [0.05, 0.1) is 34.4 Å². The minimum absolute atomic E-state index is 0.140. The van der Waals surface area contributed by atoms with Crippen LogP contribution in [0.2, 0.25) is 10.0 Å². The summed E-state index contributed by atoms with van der Waals surface area (Å²) in [4.78, 5) is 23.7. The molecule has 1 aromatic heterocycles. The van der Waals surface area contributed by atoms with Gasteiger partial charge in [-0.05, 0) is 62.3 Å². The van der Waals surface area contributed by atoms with Crippen molar-refractivity contribution in [1.29, 1.82) is 0 Å². The van der Waals surface area contributed by atoms with Crippen LogP contribution in [-0.4, -0.2) is 44.7 Å². The number of nitrogens with one attached hydrogen (secondary N) is 2. The Labute approximate surface area is 192 Å². The van der Waals surface area contributed by atoms with Gasteiger partial charge in [-0.15, -0.1) is 0 Å². The number of carbonyl (C=O) groups is 1. The second-order valence-electron chi connectivity index (χ2n) is 8.33. The lowest BCUT2D eigenvalue weighted by Gasteiger charge is -2.30. The number of hydrogen-bond donors (Lipinski definition) is 3. The van der Waals surface area contributed by atoms with Crippen molar-refractivity contribution in [3.05, 3.63) is 51.3 Å². The maximum atomic E-state index is 12.8. The first-order valence-electron chi connectivity index (χ1n) is 10.7. The van der Waals surface area contributed by atoms with Gasteiger partial charge in [-0.25, -0.2) is 14.8 Å². The van der Waals surface area contributed by atoms with E-state index in [1.807, 2.05) is 19.2 Å². The average molecular weight is 464 g/mol. The highest BCUT2D eigenvalue weighted by Gasteiger charge is 2.25. The minimum Gasteiger partial charge on any atom is -0.393 e. The van der Waals surface area contributed by atoms with Crippen LogP contribution in [0, 0.1) is 0 Å². The van der Waals surface area contributed by atoms with Gasteiger partial charge >= 0.3 is 6.03 Å². The number of halogens is 2. The molecule has 1 atom stereocenters. The van der Waals surface area contributed by atoms with E-state index in [0.717, 1.165) is 48.9 Å². The van der Waals surface area contributed by atoms with Gasteiger partial charge in [0.1, 0.15) is 0 Å². The van der Waals surface area contributed by atoms with Crippen molar-refractivity contribution in [2.75, 3.05) is 11.9 Å². The Morgan fingerprint density at radius 2 is 2.00 bits per heavy atom. The van der Waals surface area contributed by atoms with E-state index >= 15 is 0 Å². The Bertz CT molecular complexity index is 949. The Morgan fingerprint density at radius 1 is 1.23 bits per heavy atom. The van der Waals surface area contributed by atoms with Gasteiger partial charge in [-0.3, -0.25) is 0 Å². The maximum Gasteiger partial charge on any atom is 0.318 e. The third-order valence-corrected chi connectivity index (χ3v) is 6.79. The standard InChI is InChI=1S/C22H27Cl2N5O2/c1-13(14-2-7-18(23)19(24)10-14)26-22(31)29-9-8-15-11-25-21(28-20(15)12-29)27-16-3-5-17(30)6-4-16/h2,7,10-11,13,16-17,30H,3-6,8-9,12H2,1H3,(H,26,31)(H,25,27,28)/t13-,16-,17-/m1/s1. The van der Waals surface area contributed by atoms with Gasteiger partial charge < -0.3 is 20.6 Å². The number of fused-ring (bicyclic) bond motifs is 1. The van der Waals surface area contributed by atoms with Crippen molar-refractivity contribution in [3.8, 4) is 0 Å². The zero-order valence-electron chi connectivity index (χ0n) is 17.4. The van der Waals surface area contributed by atoms with E-state index in [-0.39, 0.29) is 24.2 Å². The van der Waals surface area contributed by atoms with Crippen molar-refractivity contribution in [2.24, 2.45) is 0 Å². The summed E-state index contributed by atoms with van der Waals surface area (Å²) in [6.07, 6.45) is 5.79. The third kappa shape index (κ3) is 5.40. The summed E-state index contributed by atoms with van der Waals surface area (Å²) >= 11 is 12.1. The molecule has 166 valence electrons. The number of benzene rings is 1. The zero-order chi connectivity index (χ0) is 22.0. The molecule has 0 spiro atoms.